The van der Waals surface area contributed by atoms with Crippen LogP contribution in [-0.2, 0) is 13.0 Å². The largest absolute Gasteiger partial charge is 0.478 e. The summed E-state index contributed by atoms with van der Waals surface area (Å²) in [6, 6.07) is 7.04. The van der Waals surface area contributed by atoms with Crippen molar-refractivity contribution in [3.63, 3.8) is 0 Å². The molecule has 1 atom stereocenters. The highest BCUT2D eigenvalue weighted by atomic mass is 16.4. The number of aromatic nitrogens is 2. The Labute approximate surface area is 111 Å². The lowest BCUT2D eigenvalue weighted by Gasteiger charge is -2.18. The third-order valence-corrected chi connectivity index (χ3v) is 3.69. The van der Waals surface area contributed by atoms with Crippen molar-refractivity contribution in [1.82, 2.24) is 9.55 Å². The molecule has 1 unspecified atom stereocenters. The van der Waals surface area contributed by atoms with Crippen molar-refractivity contribution in [2.45, 2.75) is 26.3 Å². The molecule has 0 radical (unpaired) electrons. The number of hydrogen-bond donors (Lipinski definition) is 1. The Balaban J connectivity index is 2.06. The molecule has 0 fully saturated rings. The lowest BCUT2D eigenvalue weighted by molar-refractivity contribution is 0.0697. The van der Waals surface area contributed by atoms with Crippen molar-refractivity contribution in [2.24, 2.45) is 5.92 Å². The molecule has 1 aromatic heterocycles. The molecule has 4 nitrogen and oxygen atoms in total. The smallest absolute Gasteiger partial charge is 0.336 e. The van der Waals surface area contributed by atoms with Crippen LogP contribution in [0.2, 0.25) is 0 Å². The van der Waals surface area contributed by atoms with E-state index < -0.39 is 5.97 Å². The Morgan fingerprint density at radius 3 is 3.00 bits per heavy atom. The summed E-state index contributed by atoms with van der Waals surface area (Å²) in [4.78, 5) is 15.9. The number of imidazole rings is 1. The first-order chi connectivity index (χ1) is 9.15. The van der Waals surface area contributed by atoms with E-state index in [0.717, 1.165) is 30.9 Å². The van der Waals surface area contributed by atoms with Crippen molar-refractivity contribution in [3.05, 3.63) is 41.9 Å². The number of benzene rings is 1. The normalized spacial score (nSPS) is 18.1. The molecule has 3 rings (SSSR count). The predicted octanol–water partition coefficient (Wildman–Crippen LogP) is 2.83. The third kappa shape index (κ3) is 2.14. The van der Waals surface area contributed by atoms with Crippen LogP contribution in [0.1, 0.15) is 29.5 Å². The fourth-order valence-electron chi connectivity index (χ4n) is 2.61. The third-order valence-electron chi connectivity index (χ3n) is 3.69. The molecule has 0 amide bonds. The number of carboxylic acids is 1. The molecule has 0 saturated heterocycles. The summed E-state index contributed by atoms with van der Waals surface area (Å²) in [5.74, 6) is 0.807. The minimum absolute atomic E-state index is 0.311. The van der Waals surface area contributed by atoms with Gasteiger partial charge in [0, 0.05) is 24.7 Å². The lowest BCUT2D eigenvalue weighted by Crippen LogP contribution is -2.16. The number of carbonyl (C=O) groups is 1. The van der Waals surface area contributed by atoms with Gasteiger partial charge in [0.1, 0.15) is 5.82 Å². The second-order valence-corrected chi connectivity index (χ2v) is 5.18. The number of rotatable bonds is 2. The van der Waals surface area contributed by atoms with Gasteiger partial charge in [-0.15, -0.1) is 0 Å². The molecule has 0 saturated carbocycles. The topological polar surface area (TPSA) is 55.1 Å². The van der Waals surface area contributed by atoms with Gasteiger partial charge in [-0.3, -0.25) is 0 Å². The Hall–Kier alpha value is -2.10. The Kier molecular flexibility index (Phi) is 2.85. The van der Waals surface area contributed by atoms with Gasteiger partial charge in [-0.1, -0.05) is 25.1 Å². The summed E-state index contributed by atoms with van der Waals surface area (Å²) in [5.41, 5.74) is 1.78. The van der Waals surface area contributed by atoms with E-state index in [4.69, 9.17) is 0 Å². The number of aryl methyl sites for hydroxylation is 1. The van der Waals surface area contributed by atoms with Gasteiger partial charge in [-0.2, -0.15) is 0 Å². The van der Waals surface area contributed by atoms with Gasteiger partial charge in [-0.25, -0.2) is 9.78 Å². The van der Waals surface area contributed by atoms with E-state index in [2.05, 4.69) is 16.5 Å². The molecule has 0 spiro atoms. The molecule has 98 valence electrons. The molecule has 1 N–H and O–H groups in total. The SMILES string of the molecule is CC1CCn2cc(-c3ccccc3C(=O)O)nc2C1. The summed E-state index contributed by atoms with van der Waals surface area (Å²) >= 11 is 0. The molecule has 2 aromatic rings. The van der Waals surface area contributed by atoms with Crippen molar-refractivity contribution in [1.29, 1.82) is 0 Å². The molecular weight excluding hydrogens is 240 g/mol. The highest BCUT2D eigenvalue weighted by Gasteiger charge is 2.20. The zero-order valence-electron chi connectivity index (χ0n) is 10.8. The highest BCUT2D eigenvalue weighted by molar-refractivity contribution is 5.95. The van der Waals surface area contributed by atoms with Crippen molar-refractivity contribution in [2.75, 3.05) is 0 Å². The fourth-order valence-corrected chi connectivity index (χ4v) is 2.61. The van der Waals surface area contributed by atoms with Crippen LogP contribution in [0.5, 0.6) is 0 Å². The maximum absolute atomic E-state index is 11.3. The Morgan fingerprint density at radius 2 is 2.21 bits per heavy atom. The number of hydrogen-bond acceptors (Lipinski definition) is 2. The minimum atomic E-state index is -0.907. The van der Waals surface area contributed by atoms with E-state index in [0.29, 0.717) is 17.0 Å². The Morgan fingerprint density at radius 1 is 1.42 bits per heavy atom. The molecule has 2 heterocycles. The van der Waals surface area contributed by atoms with Crippen LogP contribution in [0.25, 0.3) is 11.3 Å². The molecule has 1 aliphatic rings. The first-order valence-electron chi connectivity index (χ1n) is 6.54. The molecule has 19 heavy (non-hydrogen) atoms. The second kappa shape index (κ2) is 4.53. The zero-order valence-corrected chi connectivity index (χ0v) is 10.8. The molecule has 0 aliphatic carbocycles. The predicted molar refractivity (Wildman–Crippen MR) is 72.1 cm³/mol. The van der Waals surface area contributed by atoms with Crippen LogP contribution >= 0.6 is 0 Å². The van der Waals surface area contributed by atoms with Crippen molar-refractivity contribution >= 4 is 5.97 Å². The quantitative estimate of drug-likeness (QED) is 0.898. The van der Waals surface area contributed by atoms with Gasteiger partial charge >= 0.3 is 5.97 Å². The summed E-state index contributed by atoms with van der Waals surface area (Å²) < 4.78 is 2.15. The maximum atomic E-state index is 11.3. The molecule has 1 aromatic carbocycles. The van der Waals surface area contributed by atoms with Gasteiger partial charge < -0.3 is 9.67 Å². The summed E-state index contributed by atoms with van der Waals surface area (Å²) in [7, 11) is 0. The van der Waals surface area contributed by atoms with E-state index in [1.807, 2.05) is 18.3 Å². The van der Waals surface area contributed by atoms with Gasteiger partial charge in [-0.05, 0) is 18.4 Å². The zero-order chi connectivity index (χ0) is 13.4. The number of aromatic carboxylic acids is 1. The van der Waals surface area contributed by atoms with E-state index >= 15 is 0 Å². The standard InChI is InChI=1S/C15H16N2O2/c1-10-6-7-17-9-13(16-14(17)8-10)11-4-2-3-5-12(11)15(18)19/h2-5,9-10H,6-8H2,1H3,(H,18,19). The Bertz CT molecular complexity index is 631. The van der Waals surface area contributed by atoms with Gasteiger partial charge in [0.25, 0.3) is 0 Å². The van der Waals surface area contributed by atoms with Crippen LogP contribution in [-0.4, -0.2) is 20.6 Å². The summed E-state index contributed by atoms with van der Waals surface area (Å²) in [6.45, 7) is 3.20. The average Bonchev–Trinajstić information content (AvgIpc) is 2.81. The molecule has 0 bridgehead atoms. The number of carboxylic acid groups (broad SMARTS) is 1. The molecular formula is C15H16N2O2. The van der Waals surface area contributed by atoms with Crippen LogP contribution in [0, 0.1) is 5.92 Å². The molecule has 4 heteroatoms. The summed E-state index contributed by atoms with van der Waals surface area (Å²) in [5, 5.41) is 9.24. The van der Waals surface area contributed by atoms with Gasteiger partial charge in [0.15, 0.2) is 0 Å². The number of fused-ring (bicyclic) bond motifs is 1. The molecule has 1 aliphatic heterocycles. The van der Waals surface area contributed by atoms with Gasteiger partial charge in [0.05, 0.1) is 11.3 Å². The van der Waals surface area contributed by atoms with E-state index in [1.165, 1.54) is 0 Å². The second-order valence-electron chi connectivity index (χ2n) is 5.18. The van der Waals surface area contributed by atoms with Crippen LogP contribution < -0.4 is 0 Å². The first-order valence-corrected chi connectivity index (χ1v) is 6.54. The van der Waals surface area contributed by atoms with E-state index in [9.17, 15) is 9.90 Å². The van der Waals surface area contributed by atoms with E-state index in [1.54, 1.807) is 12.1 Å². The minimum Gasteiger partial charge on any atom is -0.478 e. The van der Waals surface area contributed by atoms with Crippen LogP contribution in [0.4, 0.5) is 0 Å². The highest BCUT2D eigenvalue weighted by Crippen LogP contribution is 2.27. The summed E-state index contributed by atoms with van der Waals surface area (Å²) in [6.07, 6.45) is 4.10. The van der Waals surface area contributed by atoms with Crippen LogP contribution in [0.15, 0.2) is 30.5 Å². The monoisotopic (exact) mass is 256 g/mol. The van der Waals surface area contributed by atoms with Crippen molar-refractivity contribution < 1.29 is 9.90 Å². The van der Waals surface area contributed by atoms with E-state index in [-0.39, 0.29) is 0 Å². The average molecular weight is 256 g/mol. The van der Waals surface area contributed by atoms with Gasteiger partial charge in [0.2, 0.25) is 0 Å². The first kappa shape index (κ1) is 12.0. The fraction of sp³-hybridized carbons (Fsp3) is 0.333. The number of nitrogens with zero attached hydrogens (tertiary/aromatic N) is 2. The van der Waals surface area contributed by atoms with Crippen molar-refractivity contribution in [3.8, 4) is 11.3 Å². The van der Waals surface area contributed by atoms with Crippen LogP contribution in [0.3, 0.4) is 0 Å². The maximum Gasteiger partial charge on any atom is 0.336 e. The lowest BCUT2D eigenvalue weighted by atomic mass is 10.0.